The molecule has 0 N–H and O–H groups in total. The van der Waals surface area contributed by atoms with Gasteiger partial charge in [0.15, 0.2) is 0 Å². The lowest BCUT2D eigenvalue weighted by atomic mass is 9.95. The van der Waals surface area contributed by atoms with Gasteiger partial charge >= 0.3 is 0 Å². The predicted octanol–water partition coefficient (Wildman–Crippen LogP) is 4.94. The van der Waals surface area contributed by atoms with E-state index in [-0.39, 0.29) is 10.6 Å². The number of aryl methyl sites for hydroxylation is 2. The Morgan fingerprint density at radius 1 is 1.00 bits per heavy atom. The number of halogens is 2. The Morgan fingerprint density at radius 2 is 1.62 bits per heavy atom. The van der Waals surface area contributed by atoms with Crippen LogP contribution in [0.1, 0.15) is 27.1 Å². The summed E-state index contributed by atoms with van der Waals surface area (Å²) < 4.78 is 24.2. The zero-order chi connectivity index (χ0) is 15.6. The molecule has 0 saturated heterocycles. The minimum atomic E-state index is -0.217. The summed E-state index contributed by atoms with van der Waals surface area (Å²) in [5.41, 5.74) is 3.80. The second-order valence-corrected chi connectivity index (χ2v) is 5.84. The molecule has 2 aromatic rings. The van der Waals surface area contributed by atoms with E-state index in [1.807, 2.05) is 32.0 Å². The maximum Gasteiger partial charge on any atom is 0.123 e. The summed E-state index contributed by atoms with van der Waals surface area (Å²) in [5, 5.41) is 0. The monoisotopic (exact) mass is 352 g/mol. The first-order chi connectivity index (χ1) is 9.97. The highest BCUT2D eigenvalue weighted by Gasteiger charge is 2.20. The molecule has 2 rings (SSSR count). The summed E-state index contributed by atoms with van der Waals surface area (Å²) >= 11 is 3.72. The van der Waals surface area contributed by atoms with Crippen LogP contribution in [0.5, 0.6) is 11.5 Å². The second-order valence-electron chi connectivity index (χ2n) is 4.92. The fraction of sp³-hybridized carbons (Fsp3) is 0.294. The number of rotatable bonds is 4. The largest absolute Gasteiger partial charge is 0.497 e. The Balaban J connectivity index is 2.56. The van der Waals surface area contributed by atoms with Gasteiger partial charge in [-0.05, 0) is 60.9 Å². The lowest BCUT2D eigenvalue weighted by Gasteiger charge is -2.19. The Labute approximate surface area is 133 Å². The third-order valence-corrected chi connectivity index (χ3v) is 4.47. The predicted molar refractivity (Wildman–Crippen MR) is 86.2 cm³/mol. The van der Waals surface area contributed by atoms with E-state index in [9.17, 15) is 4.39 Å². The van der Waals surface area contributed by atoms with Crippen molar-refractivity contribution in [2.24, 2.45) is 0 Å². The second kappa shape index (κ2) is 6.48. The van der Waals surface area contributed by atoms with E-state index in [2.05, 4.69) is 15.9 Å². The van der Waals surface area contributed by atoms with Crippen molar-refractivity contribution in [1.29, 1.82) is 0 Å². The lowest BCUT2D eigenvalue weighted by molar-refractivity contribution is 0.399. The molecule has 2 aromatic carbocycles. The van der Waals surface area contributed by atoms with Crippen molar-refractivity contribution >= 4 is 15.9 Å². The molecule has 112 valence electrons. The Morgan fingerprint density at radius 3 is 2.14 bits per heavy atom. The number of hydrogen-bond acceptors (Lipinski definition) is 2. The van der Waals surface area contributed by atoms with Crippen molar-refractivity contribution in [1.82, 2.24) is 0 Å². The van der Waals surface area contributed by atoms with E-state index in [1.165, 1.54) is 0 Å². The molecule has 0 aliphatic carbocycles. The third kappa shape index (κ3) is 3.21. The normalized spacial score (nSPS) is 12.1. The van der Waals surface area contributed by atoms with Crippen LogP contribution in [0.25, 0.3) is 0 Å². The molecule has 0 fully saturated rings. The topological polar surface area (TPSA) is 18.5 Å². The van der Waals surface area contributed by atoms with Crippen LogP contribution in [0, 0.1) is 19.7 Å². The van der Waals surface area contributed by atoms with E-state index in [0.29, 0.717) is 0 Å². The fourth-order valence-corrected chi connectivity index (χ4v) is 3.59. The van der Waals surface area contributed by atoms with Gasteiger partial charge in [0.25, 0.3) is 0 Å². The summed E-state index contributed by atoms with van der Waals surface area (Å²) in [6, 6.07) is 8.75. The van der Waals surface area contributed by atoms with Crippen molar-refractivity contribution in [3.63, 3.8) is 0 Å². The molecule has 0 saturated carbocycles. The highest BCUT2D eigenvalue weighted by molar-refractivity contribution is 9.09. The summed E-state index contributed by atoms with van der Waals surface area (Å²) in [4.78, 5) is -0.0943. The summed E-state index contributed by atoms with van der Waals surface area (Å²) in [6.45, 7) is 3.82. The Bertz CT molecular complexity index is 632. The maximum atomic E-state index is 13.5. The van der Waals surface area contributed by atoms with E-state index >= 15 is 0 Å². The van der Waals surface area contributed by atoms with Gasteiger partial charge in [0.1, 0.15) is 17.3 Å². The quantitative estimate of drug-likeness (QED) is 0.725. The number of alkyl halides is 1. The van der Waals surface area contributed by atoms with E-state index in [1.54, 1.807) is 26.4 Å². The van der Waals surface area contributed by atoms with Gasteiger partial charge in [-0.15, -0.1) is 0 Å². The first kappa shape index (κ1) is 15.8. The van der Waals surface area contributed by atoms with Crippen LogP contribution in [-0.4, -0.2) is 14.2 Å². The molecule has 1 atom stereocenters. The van der Waals surface area contributed by atoms with Crippen LogP contribution in [0.3, 0.4) is 0 Å². The minimum absolute atomic E-state index is 0.0943. The van der Waals surface area contributed by atoms with Gasteiger partial charge in [-0.3, -0.25) is 0 Å². The fourth-order valence-electron chi connectivity index (χ4n) is 2.51. The van der Waals surface area contributed by atoms with Crippen molar-refractivity contribution in [3.05, 3.63) is 58.4 Å². The molecular formula is C17H18BrFO2. The standard InChI is InChI=1S/C17H18BrFO2/c1-10-7-12(19)8-11(2)16(10)17(18)14-9-13(20-3)5-6-15(14)21-4/h5-9,17H,1-4H3. The van der Waals surface area contributed by atoms with Gasteiger partial charge in [0.05, 0.1) is 19.0 Å². The van der Waals surface area contributed by atoms with Crippen LogP contribution < -0.4 is 9.47 Å². The molecule has 0 radical (unpaired) electrons. The summed E-state index contributed by atoms with van der Waals surface area (Å²) in [7, 11) is 3.26. The van der Waals surface area contributed by atoms with Gasteiger partial charge in [0, 0.05) is 5.56 Å². The van der Waals surface area contributed by atoms with Gasteiger partial charge < -0.3 is 9.47 Å². The molecular weight excluding hydrogens is 335 g/mol. The molecule has 0 aliphatic heterocycles. The number of benzene rings is 2. The van der Waals surface area contributed by atoms with Crippen molar-refractivity contribution in [3.8, 4) is 11.5 Å². The van der Waals surface area contributed by atoms with Gasteiger partial charge in [-0.25, -0.2) is 4.39 Å². The zero-order valence-electron chi connectivity index (χ0n) is 12.5. The summed E-state index contributed by atoms with van der Waals surface area (Å²) in [5.74, 6) is 1.31. The van der Waals surface area contributed by atoms with Crippen molar-refractivity contribution < 1.29 is 13.9 Å². The van der Waals surface area contributed by atoms with Crippen molar-refractivity contribution in [2.75, 3.05) is 14.2 Å². The lowest BCUT2D eigenvalue weighted by Crippen LogP contribution is -2.03. The number of ether oxygens (including phenoxy) is 2. The maximum absolute atomic E-state index is 13.5. The zero-order valence-corrected chi connectivity index (χ0v) is 14.1. The molecule has 1 unspecified atom stereocenters. The summed E-state index contributed by atoms with van der Waals surface area (Å²) in [6.07, 6.45) is 0. The average Bonchev–Trinajstić information content (AvgIpc) is 2.45. The molecule has 0 spiro atoms. The van der Waals surface area contributed by atoms with Gasteiger partial charge in [-0.2, -0.15) is 0 Å². The molecule has 0 aliphatic rings. The highest BCUT2D eigenvalue weighted by Crippen LogP contribution is 2.41. The molecule has 4 heteroatoms. The molecule has 0 amide bonds. The average molecular weight is 353 g/mol. The van der Waals surface area contributed by atoms with Crippen LogP contribution in [0.2, 0.25) is 0 Å². The van der Waals surface area contributed by atoms with E-state index in [4.69, 9.17) is 9.47 Å². The smallest absolute Gasteiger partial charge is 0.123 e. The molecule has 0 aromatic heterocycles. The van der Waals surface area contributed by atoms with E-state index in [0.717, 1.165) is 33.8 Å². The molecule has 0 bridgehead atoms. The third-order valence-electron chi connectivity index (χ3n) is 3.52. The Kier molecular flexibility index (Phi) is 4.88. The Hall–Kier alpha value is -1.55. The molecule has 2 nitrogen and oxygen atoms in total. The van der Waals surface area contributed by atoms with Crippen LogP contribution in [0.15, 0.2) is 30.3 Å². The van der Waals surface area contributed by atoms with Crippen LogP contribution >= 0.6 is 15.9 Å². The molecule has 0 heterocycles. The van der Waals surface area contributed by atoms with Crippen molar-refractivity contribution in [2.45, 2.75) is 18.7 Å². The first-order valence-corrected chi connectivity index (χ1v) is 7.52. The van der Waals surface area contributed by atoms with Crippen LogP contribution in [0.4, 0.5) is 4.39 Å². The van der Waals surface area contributed by atoms with Gasteiger partial charge in [-0.1, -0.05) is 15.9 Å². The number of methoxy groups -OCH3 is 2. The number of hydrogen-bond donors (Lipinski definition) is 0. The minimum Gasteiger partial charge on any atom is -0.497 e. The van der Waals surface area contributed by atoms with Gasteiger partial charge in [0.2, 0.25) is 0 Å². The SMILES string of the molecule is COc1ccc(OC)c(C(Br)c2c(C)cc(F)cc2C)c1. The molecule has 21 heavy (non-hydrogen) atoms. The first-order valence-electron chi connectivity index (χ1n) is 6.60. The van der Waals surface area contributed by atoms with E-state index < -0.39 is 0 Å². The highest BCUT2D eigenvalue weighted by atomic mass is 79.9. The van der Waals surface area contributed by atoms with Crippen LogP contribution in [-0.2, 0) is 0 Å².